The van der Waals surface area contributed by atoms with Crippen LogP contribution in [0.4, 0.5) is 4.39 Å². The van der Waals surface area contributed by atoms with Crippen molar-refractivity contribution in [1.82, 2.24) is 19.6 Å². The number of carbonyl (C=O) groups is 1. The summed E-state index contributed by atoms with van der Waals surface area (Å²) in [5, 5.41) is 4.21. The van der Waals surface area contributed by atoms with E-state index in [4.69, 9.17) is 0 Å². The van der Waals surface area contributed by atoms with E-state index in [1.807, 2.05) is 28.8 Å². The predicted octanol–water partition coefficient (Wildman–Crippen LogP) is 3.10. The minimum atomic E-state index is -0.339. The molecule has 5 nitrogen and oxygen atoms in total. The van der Waals surface area contributed by atoms with Gasteiger partial charge in [-0.15, -0.1) is 0 Å². The Morgan fingerprint density at radius 2 is 1.96 bits per heavy atom. The van der Waals surface area contributed by atoms with Crippen LogP contribution in [0.5, 0.6) is 0 Å². The zero-order valence-electron chi connectivity index (χ0n) is 15.4. The minimum Gasteiger partial charge on any atom is -0.339 e. The van der Waals surface area contributed by atoms with Gasteiger partial charge in [-0.2, -0.15) is 5.10 Å². The van der Waals surface area contributed by atoms with E-state index in [0.29, 0.717) is 19.6 Å². The maximum Gasteiger partial charge on any atom is 0.244 e. The first-order valence-electron chi connectivity index (χ1n) is 9.44. The molecule has 1 aliphatic heterocycles. The fraction of sp³-hybridized carbons (Fsp3) is 0.500. The Morgan fingerprint density at radius 3 is 2.58 bits per heavy atom. The molecule has 2 heterocycles. The van der Waals surface area contributed by atoms with Crippen LogP contribution in [0.25, 0.3) is 0 Å². The van der Waals surface area contributed by atoms with Gasteiger partial charge in [-0.3, -0.25) is 14.4 Å². The van der Waals surface area contributed by atoms with Gasteiger partial charge in [0, 0.05) is 25.5 Å². The summed E-state index contributed by atoms with van der Waals surface area (Å²) in [7, 11) is 0. The number of hydrogen-bond acceptors (Lipinski definition) is 3. The molecule has 0 N–H and O–H groups in total. The number of carbonyl (C=O) groups excluding carboxylic acids is 1. The normalized spacial score (nSPS) is 16.4. The lowest BCUT2D eigenvalue weighted by Gasteiger charge is -2.36. The average Bonchev–Trinajstić information content (AvgIpc) is 3.18. The molecule has 1 fully saturated rings. The SMILES string of the molecule is CCN(CCn1cccn1)C(=O)C(c1ccc(F)cc1)N1CCCCC1. The van der Waals surface area contributed by atoms with Crippen LogP contribution in [0, 0.1) is 5.82 Å². The van der Waals surface area contributed by atoms with Crippen molar-refractivity contribution < 1.29 is 9.18 Å². The Balaban J connectivity index is 1.78. The summed E-state index contributed by atoms with van der Waals surface area (Å²) in [6.45, 7) is 5.74. The Morgan fingerprint density at radius 1 is 1.23 bits per heavy atom. The number of hydrogen-bond donors (Lipinski definition) is 0. The van der Waals surface area contributed by atoms with Crippen molar-refractivity contribution in [2.24, 2.45) is 0 Å². The van der Waals surface area contributed by atoms with Gasteiger partial charge in [-0.05, 0) is 56.6 Å². The minimum absolute atomic E-state index is 0.0909. The van der Waals surface area contributed by atoms with Crippen molar-refractivity contribution in [1.29, 1.82) is 0 Å². The number of benzene rings is 1. The van der Waals surface area contributed by atoms with Crippen LogP contribution >= 0.6 is 0 Å². The maximum absolute atomic E-state index is 13.4. The van der Waals surface area contributed by atoms with Crippen molar-refractivity contribution in [2.45, 2.75) is 38.8 Å². The second-order valence-corrected chi connectivity index (χ2v) is 6.74. The Labute approximate surface area is 154 Å². The summed E-state index contributed by atoms with van der Waals surface area (Å²) < 4.78 is 15.2. The molecule has 0 aliphatic carbocycles. The van der Waals surface area contributed by atoms with Crippen LogP contribution in [0.3, 0.4) is 0 Å². The number of aromatic nitrogens is 2. The zero-order chi connectivity index (χ0) is 18.4. The highest BCUT2D eigenvalue weighted by molar-refractivity contribution is 5.83. The first-order chi connectivity index (χ1) is 12.7. The fourth-order valence-corrected chi connectivity index (χ4v) is 3.58. The predicted molar refractivity (Wildman–Crippen MR) is 99.0 cm³/mol. The van der Waals surface area contributed by atoms with Gasteiger partial charge in [0.1, 0.15) is 11.9 Å². The van der Waals surface area contributed by atoms with E-state index in [1.54, 1.807) is 18.3 Å². The third-order valence-corrected chi connectivity index (χ3v) is 5.03. The summed E-state index contributed by atoms with van der Waals surface area (Å²) in [5.41, 5.74) is 0.871. The number of nitrogens with zero attached hydrogens (tertiary/aromatic N) is 4. The monoisotopic (exact) mass is 358 g/mol. The van der Waals surface area contributed by atoms with Gasteiger partial charge >= 0.3 is 0 Å². The van der Waals surface area contributed by atoms with Gasteiger partial charge < -0.3 is 4.90 Å². The highest BCUT2D eigenvalue weighted by atomic mass is 19.1. The molecular formula is C20H27FN4O. The van der Waals surface area contributed by atoms with Crippen LogP contribution in [0.2, 0.25) is 0 Å². The number of amides is 1. The summed E-state index contributed by atoms with van der Waals surface area (Å²) in [6, 6.07) is 7.92. The van der Waals surface area contributed by atoms with Crippen molar-refractivity contribution in [3.8, 4) is 0 Å². The Bertz CT molecular complexity index is 680. The molecule has 0 bridgehead atoms. The third kappa shape index (κ3) is 4.49. The quantitative estimate of drug-likeness (QED) is 0.764. The lowest BCUT2D eigenvalue weighted by Crippen LogP contribution is -2.45. The molecule has 3 rings (SSSR count). The summed E-state index contributed by atoms with van der Waals surface area (Å²) in [5.74, 6) is -0.183. The average molecular weight is 358 g/mol. The second kappa shape index (κ2) is 8.94. The molecular weight excluding hydrogens is 331 g/mol. The molecule has 6 heteroatoms. The maximum atomic E-state index is 13.4. The Hall–Kier alpha value is -2.21. The molecule has 1 amide bonds. The molecule has 1 aliphatic rings. The van der Waals surface area contributed by atoms with Gasteiger partial charge in [0.2, 0.25) is 5.91 Å². The molecule has 2 aromatic rings. The molecule has 0 saturated carbocycles. The van der Waals surface area contributed by atoms with Gasteiger partial charge in [0.15, 0.2) is 0 Å². The highest BCUT2D eigenvalue weighted by Gasteiger charge is 2.31. The first-order valence-corrected chi connectivity index (χ1v) is 9.44. The van der Waals surface area contributed by atoms with E-state index >= 15 is 0 Å². The molecule has 1 saturated heterocycles. The molecule has 1 unspecified atom stereocenters. The number of halogens is 1. The van der Waals surface area contributed by atoms with Crippen molar-refractivity contribution in [3.05, 3.63) is 54.1 Å². The number of likely N-dealkylation sites (N-methyl/N-ethyl adjacent to an activating group) is 1. The lowest BCUT2D eigenvalue weighted by atomic mass is 10.00. The van der Waals surface area contributed by atoms with Crippen molar-refractivity contribution in [3.63, 3.8) is 0 Å². The summed E-state index contributed by atoms with van der Waals surface area (Å²) in [4.78, 5) is 17.5. The highest BCUT2D eigenvalue weighted by Crippen LogP contribution is 2.27. The largest absolute Gasteiger partial charge is 0.339 e. The second-order valence-electron chi connectivity index (χ2n) is 6.74. The van der Waals surface area contributed by atoms with Crippen LogP contribution < -0.4 is 0 Å². The topological polar surface area (TPSA) is 41.4 Å². The van der Waals surface area contributed by atoms with Crippen molar-refractivity contribution in [2.75, 3.05) is 26.2 Å². The van der Waals surface area contributed by atoms with Crippen molar-refractivity contribution >= 4 is 5.91 Å². The van der Waals surface area contributed by atoms with Crippen LogP contribution in [0.1, 0.15) is 37.8 Å². The summed E-state index contributed by atoms with van der Waals surface area (Å²) in [6.07, 6.45) is 7.06. The van der Waals surface area contributed by atoms with Crippen LogP contribution in [-0.4, -0.2) is 51.7 Å². The van der Waals surface area contributed by atoms with E-state index in [0.717, 1.165) is 31.5 Å². The van der Waals surface area contributed by atoms with E-state index < -0.39 is 0 Å². The number of piperidine rings is 1. The fourth-order valence-electron chi connectivity index (χ4n) is 3.58. The van der Waals surface area contributed by atoms with E-state index in [2.05, 4.69) is 10.00 Å². The van der Waals surface area contributed by atoms with E-state index in [-0.39, 0.29) is 17.8 Å². The van der Waals surface area contributed by atoms with Gasteiger partial charge in [0.05, 0.1) is 6.54 Å². The van der Waals surface area contributed by atoms with Crippen LogP contribution in [0.15, 0.2) is 42.7 Å². The van der Waals surface area contributed by atoms with E-state index in [9.17, 15) is 9.18 Å². The lowest BCUT2D eigenvalue weighted by molar-refractivity contribution is -0.137. The van der Waals surface area contributed by atoms with Gasteiger partial charge in [-0.25, -0.2) is 4.39 Å². The molecule has 1 aromatic carbocycles. The zero-order valence-corrected chi connectivity index (χ0v) is 15.4. The first kappa shape index (κ1) is 18.6. The molecule has 1 aromatic heterocycles. The molecule has 26 heavy (non-hydrogen) atoms. The van der Waals surface area contributed by atoms with Crippen LogP contribution in [-0.2, 0) is 11.3 Å². The smallest absolute Gasteiger partial charge is 0.244 e. The molecule has 1 atom stereocenters. The molecule has 140 valence electrons. The number of likely N-dealkylation sites (tertiary alicyclic amines) is 1. The summed E-state index contributed by atoms with van der Waals surface area (Å²) >= 11 is 0. The third-order valence-electron chi connectivity index (χ3n) is 5.03. The molecule has 0 spiro atoms. The van der Waals surface area contributed by atoms with Gasteiger partial charge in [0.25, 0.3) is 0 Å². The van der Waals surface area contributed by atoms with Gasteiger partial charge in [-0.1, -0.05) is 18.6 Å². The number of rotatable bonds is 7. The standard InChI is InChI=1S/C20H27FN4O/c1-2-23(15-16-25-14-6-11-22-25)20(26)19(24-12-4-3-5-13-24)17-7-9-18(21)10-8-17/h6-11,14,19H,2-5,12-13,15-16H2,1H3. The van der Waals surface area contributed by atoms with E-state index in [1.165, 1.54) is 18.6 Å². The Kier molecular flexibility index (Phi) is 6.39. The molecule has 0 radical (unpaired) electrons.